The molecule has 0 spiro atoms. The first-order valence-corrected chi connectivity index (χ1v) is 10.4. The van der Waals surface area contributed by atoms with E-state index in [4.69, 9.17) is 4.98 Å². The zero-order valence-electron chi connectivity index (χ0n) is 16.5. The molecule has 0 bridgehead atoms. The Kier molecular flexibility index (Phi) is 4.47. The van der Waals surface area contributed by atoms with E-state index in [1.807, 2.05) is 0 Å². The summed E-state index contributed by atoms with van der Waals surface area (Å²) >= 11 is 0. The quantitative estimate of drug-likeness (QED) is 0.709. The van der Waals surface area contributed by atoms with Gasteiger partial charge >= 0.3 is 0 Å². The molecule has 1 aromatic heterocycles. The lowest BCUT2D eigenvalue weighted by Crippen LogP contribution is -2.13. The monoisotopic (exact) mass is 370 g/mol. The number of sulfone groups is 1. The lowest BCUT2D eigenvalue weighted by molar-refractivity contribution is 0.587. The van der Waals surface area contributed by atoms with E-state index in [1.165, 1.54) is 27.8 Å². The maximum Gasteiger partial charge on any atom is 0.180 e. The maximum absolute atomic E-state index is 12.4. The van der Waals surface area contributed by atoms with Gasteiger partial charge in [0, 0.05) is 5.56 Å². The van der Waals surface area contributed by atoms with Crippen LogP contribution in [0.25, 0.3) is 22.4 Å². The Labute approximate surface area is 155 Å². The average molecular weight is 371 g/mol. The minimum Gasteiger partial charge on any atom is -0.338 e. The number of nitrogens with zero attached hydrogens (tertiary/aromatic N) is 1. The third kappa shape index (κ3) is 2.75. The van der Waals surface area contributed by atoms with Gasteiger partial charge in [0.2, 0.25) is 0 Å². The molecule has 0 amide bonds. The Balaban J connectivity index is 2.24. The first kappa shape index (κ1) is 18.6. The lowest BCUT2D eigenvalue weighted by atomic mass is 9.89. The van der Waals surface area contributed by atoms with Gasteiger partial charge in [-0.2, -0.15) is 0 Å². The fourth-order valence-electron chi connectivity index (χ4n) is 3.41. The zero-order valence-corrected chi connectivity index (χ0v) is 17.3. The van der Waals surface area contributed by atoms with Gasteiger partial charge in [-0.05, 0) is 94.5 Å². The molecule has 5 heteroatoms. The van der Waals surface area contributed by atoms with Crippen molar-refractivity contribution in [1.82, 2.24) is 9.97 Å². The number of benzene rings is 2. The summed E-state index contributed by atoms with van der Waals surface area (Å²) in [4.78, 5) is 8.42. The largest absolute Gasteiger partial charge is 0.338 e. The van der Waals surface area contributed by atoms with E-state index in [0.29, 0.717) is 10.4 Å². The number of nitrogens with one attached hydrogen (secondary N) is 1. The second-order valence-electron chi connectivity index (χ2n) is 7.36. The summed E-state index contributed by atoms with van der Waals surface area (Å²) in [6.45, 7) is 14.0. The SMILES string of the molecule is Cc1c(C)c(C)c(-c2nc3cc(S(=O)(=O)C(C)C)ccc3[nH]2)c(C)c1C. The molecule has 0 saturated carbocycles. The number of imidazole rings is 1. The minimum absolute atomic E-state index is 0.322. The third-order valence-corrected chi connectivity index (χ3v) is 7.79. The molecule has 0 unspecified atom stereocenters. The van der Waals surface area contributed by atoms with E-state index in [-0.39, 0.29) is 0 Å². The molecule has 0 radical (unpaired) electrons. The summed E-state index contributed by atoms with van der Waals surface area (Å²) in [6, 6.07) is 5.13. The van der Waals surface area contributed by atoms with E-state index >= 15 is 0 Å². The highest BCUT2D eigenvalue weighted by Gasteiger charge is 2.21. The molecule has 3 rings (SSSR count). The van der Waals surface area contributed by atoms with Crippen molar-refractivity contribution in [2.45, 2.75) is 58.6 Å². The van der Waals surface area contributed by atoms with Crippen LogP contribution in [0.5, 0.6) is 0 Å². The van der Waals surface area contributed by atoms with Crippen LogP contribution in [0.3, 0.4) is 0 Å². The number of aromatic nitrogens is 2. The first-order valence-electron chi connectivity index (χ1n) is 8.86. The van der Waals surface area contributed by atoms with Gasteiger partial charge in [0.15, 0.2) is 9.84 Å². The van der Waals surface area contributed by atoms with Crippen molar-refractivity contribution in [3.63, 3.8) is 0 Å². The van der Waals surface area contributed by atoms with Crippen molar-refractivity contribution in [3.8, 4) is 11.4 Å². The van der Waals surface area contributed by atoms with Crippen LogP contribution in [0.2, 0.25) is 0 Å². The summed E-state index contributed by atoms with van der Waals surface area (Å²) in [5.41, 5.74) is 8.90. The van der Waals surface area contributed by atoms with Crippen LogP contribution in [0, 0.1) is 34.6 Å². The Morgan fingerprint density at radius 2 is 1.42 bits per heavy atom. The Bertz CT molecular complexity index is 1090. The van der Waals surface area contributed by atoms with E-state index in [2.05, 4.69) is 39.6 Å². The maximum atomic E-state index is 12.4. The molecular weight excluding hydrogens is 344 g/mol. The minimum atomic E-state index is -3.31. The van der Waals surface area contributed by atoms with Crippen LogP contribution in [-0.4, -0.2) is 23.6 Å². The van der Waals surface area contributed by atoms with E-state index in [9.17, 15) is 8.42 Å². The van der Waals surface area contributed by atoms with Gasteiger partial charge in [-0.25, -0.2) is 13.4 Å². The predicted octanol–water partition coefficient (Wildman–Crippen LogP) is 4.95. The number of rotatable bonds is 3. The topological polar surface area (TPSA) is 62.8 Å². The molecule has 3 aromatic rings. The molecule has 0 aliphatic heterocycles. The molecule has 0 aliphatic carbocycles. The summed E-state index contributed by atoms with van der Waals surface area (Å²) in [5, 5.41) is -0.453. The van der Waals surface area contributed by atoms with Crippen molar-refractivity contribution in [3.05, 3.63) is 46.0 Å². The van der Waals surface area contributed by atoms with Gasteiger partial charge < -0.3 is 4.98 Å². The Morgan fingerprint density at radius 3 is 1.96 bits per heavy atom. The third-order valence-electron chi connectivity index (χ3n) is 5.64. The fourth-order valence-corrected chi connectivity index (χ4v) is 4.49. The highest BCUT2D eigenvalue weighted by atomic mass is 32.2. The summed E-state index contributed by atoms with van der Waals surface area (Å²) < 4.78 is 24.9. The number of hydrogen-bond acceptors (Lipinski definition) is 3. The van der Waals surface area contributed by atoms with Gasteiger partial charge in [0.1, 0.15) is 5.82 Å². The Morgan fingerprint density at radius 1 is 0.885 bits per heavy atom. The van der Waals surface area contributed by atoms with Crippen LogP contribution in [0.1, 0.15) is 41.7 Å². The molecule has 0 aliphatic rings. The van der Waals surface area contributed by atoms with E-state index < -0.39 is 15.1 Å². The van der Waals surface area contributed by atoms with Gasteiger partial charge in [-0.15, -0.1) is 0 Å². The molecule has 1 N–H and O–H groups in total. The smallest absolute Gasteiger partial charge is 0.180 e. The predicted molar refractivity (Wildman–Crippen MR) is 108 cm³/mol. The second-order valence-corrected chi connectivity index (χ2v) is 9.86. The molecule has 0 saturated heterocycles. The van der Waals surface area contributed by atoms with Crippen LogP contribution in [0.15, 0.2) is 23.1 Å². The second kappa shape index (κ2) is 6.23. The van der Waals surface area contributed by atoms with Crippen molar-refractivity contribution in [1.29, 1.82) is 0 Å². The number of hydrogen-bond donors (Lipinski definition) is 1. The molecule has 2 aromatic carbocycles. The van der Waals surface area contributed by atoms with E-state index in [1.54, 1.807) is 32.0 Å². The first-order chi connectivity index (χ1) is 12.1. The molecule has 138 valence electrons. The number of aromatic amines is 1. The van der Waals surface area contributed by atoms with Crippen molar-refractivity contribution in [2.24, 2.45) is 0 Å². The van der Waals surface area contributed by atoms with Gasteiger partial charge in [0.25, 0.3) is 0 Å². The number of fused-ring (bicyclic) bond motifs is 1. The van der Waals surface area contributed by atoms with Gasteiger partial charge in [-0.3, -0.25) is 0 Å². The molecular formula is C21H26N2O2S. The fraction of sp³-hybridized carbons (Fsp3) is 0.381. The van der Waals surface area contributed by atoms with Crippen LogP contribution < -0.4 is 0 Å². The zero-order chi connectivity index (χ0) is 19.4. The van der Waals surface area contributed by atoms with Crippen LogP contribution in [-0.2, 0) is 9.84 Å². The normalized spacial score (nSPS) is 12.3. The van der Waals surface area contributed by atoms with Gasteiger partial charge in [-0.1, -0.05) is 0 Å². The summed E-state index contributed by atoms with van der Waals surface area (Å²) in [7, 11) is -3.31. The highest BCUT2D eigenvalue weighted by Crippen LogP contribution is 2.34. The molecule has 0 atom stereocenters. The van der Waals surface area contributed by atoms with E-state index in [0.717, 1.165) is 16.9 Å². The van der Waals surface area contributed by atoms with Gasteiger partial charge in [0.05, 0.1) is 21.2 Å². The standard InChI is InChI=1S/C21H26N2O2S/c1-11(2)26(24,25)17-8-9-18-19(10-17)23-21(22-18)20-15(6)13(4)12(3)14(5)16(20)7/h8-11H,1-7H3,(H,22,23). The number of H-pyrrole nitrogens is 1. The van der Waals surface area contributed by atoms with Crippen molar-refractivity contribution < 1.29 is 8.42 Å². The highest BCUT2D eigenvalue weighted by molar-refractivity contribution is 7.92. The van der Waals surface area contributed by atoms with Crippen LogP contribution in [0.4, 0.5) is 0 Å². The molecule has 4 nitrogen and oxygen atoms in total. The van der Waals surface area contributed by atoms with Crippen LogP contribution >= 0.6 is 0 Å². The molecule has 1 heterocycles. The Hall–Kier alpha value is -2.14. The summed E-state index contributed by atoms with van der Waals surface area (Å²) in [6.07, 6.45) is 0. The lowest BCUT2D eigenvalue weighted by Gasteiger charge is -2.17. The van der Waals surface area contributed by atoms with Crippen molar-refractivity contribution >= 4 is 20.9 Å². The van der Waals surface area contributed by atoms with Crippen molar-refractivity contribution in [2.75, 3.05) is 0 Å². The average Bonchev–Trinajstić information content (AvgIpc) is 3.00. The summed E-state index contributed by atoms with van der Waals surface area (Å²) in [5.74, 6) is 0.792. The molecule has 0 fully saturated rings. The molecule has 26 heavy (non-hydrogen) atoms.